The number of aromatic nitrogens is 2. The molecule has 0 saturated carbocycles. The third-order valence-electron chi connectivity index (χ3n) is 1.83. The highest BCUT2D eigenvalue weighted by Gasteiger charge is 2.10. The summed E-state index contributed by atoms with van der Waals surface area (Å²) in [5.41, 5.74) is 6.85. The first kappa shape index (κ1) is 9.96. The van der Waals surface area contributed by atoms with E-state index in [2.05, 4.69) is 30.7 Å². The zero-order valence-corrected chi connectivity index (χ0v) is 8.54. The minimum Gasteiger partial charge on any atom is -0.382 e. The molecule has 0 unspecified atom stereocenters. The lowest BCUT2D eigenvalue weighted by molar-refractivity contribution is 0.376. The lowest BCUT2D eigenvalue weighted by Gasteiger charge is -2.17. The fourth-order valence-corrected chi connectivity index (χ4v) is 1.05. The van der Waals surface area contributed by atoms with E-state index in [1.165, 1.54) is 0 Å². The van der Waals surface area contributed by atoms with Crippen molar-refractivity contribution in [2.45, 2.75) is 33.6 Å². The first-order valence-corrected chi connectivity index (χ1v) is 4.54. The number of hydrogen-bond acceptors (Lipinski definition) is 3. The Kier molecular flexibility index (Phi) is 2.86. The van der Waals surface area contributed by atoms with Crippen LogP contribution >= 0.6 is 0 Å². The minimum atomic E-state index is 0.340. The van der Waals surface area contributed by atoms with Crippen LogP contribution in [0.15, 0.2) is 12.4 Å². The van der Waals surface area contributed by atoms with Gasteiger partial charge in [0.25, 0.3) is 0 Å². The number of hydrogen-bond donors (Lipinski definition) is 1. The van der Waals surface area contributed by atoms with Crippen LogP contribution in [0.4, 0.5) is 5.82 Å². The molecule has 3 nitrogen and oxygen atoms in total. The van der Waals surface area contributed by atoms with Crippen molar-refractivity contribution in [3.8, 4) is 0 Å². The average Bonchev–Trinajstić information content (AvgIpc) is 2.00. The molecule has 72 valence electrons. The van der Waals surface area contributed by atoms with E-state index in [-0.39, 0.29) is 0 Å². The Hall–Kier alpha value is -1.12. The molecule has 1 heterocycles. The van der Waals surface area contributed by atoms with Gasteiger partial charge >= 0.3 is 0 Å². The summed E-state index contributed by atoms with van der Waals surface area (Å²) < 4.78 is 0. The van der Waals surface area contributed by atoms with E-state index in [0.717, 1.165) is 18.5 Å². The Morgan fingerprint density at radius 2 is 2.00 bits per heavy atom. The van der Waals surface area contributed by atoms with Crippen molar-refractivity contribution in [2.24, 2.45) is 5.41 Å². The fourth-order valence-electron chi connectivity index (χ4n) is 1.05. The highest BCUT2D eigenvalue weighted by atomic mass is 14.9. The van der Waals surface area contributed by atoms with Gasteiger partial charge in [0.15, 0.2) is 0 Å². The molecular formula is C10H17N3. The molecule has 1 rings (SSSR count). The number of nitrogen functional groups attached to an aromatic ring is 1. The highest BCUT2D eigenvalue weighted by Crippen LogP contribution is 2.20. The fraction of sp³-hybridized carbons (Fsp3) is 0.600. The molecule has 0 amide bonds. The van der Waals surface area contributed by atoms with Crippen molar-refractivity contribution in [1.82, 2.24) is 9.97 Å². The number of anilines is 1. The van der Waals surface area contributed by atoms with Gasteiger partial charge < -0.3 is 5.73 Å². The van der Waals surface area contributed by atoms with Gasteiger partial charge in [-0.1, -0.05) is 20.8 Å². The number of nitrogens with zero attached hydrogens (tertiary/aromatic N) is 2. The monoisotopic (exact) mass is 179 g/mol. The van der Waals surface area contributed by atoms with Gasteiger partial charge in [-0.05, 0) is 18.3 Å². The maximum atomic E-state index is 5.52. The lowest BCUT2D eigenvalue weighted by atomic mass is 9.90. The first-order valence-electron chi connectivity index (χ1n) is 4.54. The summed E-state index contributed by atoms with van der Waals surface area (Å²) in [6.07, 6.45) is 5.40. The van der Waals surface area contributed by atoms with E-state index in [9.17, 15) is 0 Å². The molecule has 0 radical (unpaired) electrons. The van der Waals surface area contributed by atoms with Crippen LogP contribution in [0.5, 0.6) is 0 Å². The Labute approximate surface area is 79.4 Å². The molecule has 0 aliphatic carbocycles. The van der Waals surface area contributed by atoms with E-state index < -0.39 is 0 Å². The van der Waals surface area contributed by atoms with Crippen LogP contribution in [-0.4, -0.2) is 9.97 Å². The molecule has 0 fully saturated rings. The van der Waals surface area contributed by atoms with Crippen molar-refractivity contribution < 1.29 is 0 Å². The van der Waals surface area contributed by atoms with Crippen molar-refractivity contribution in [3.63, 3.8) is 0 Å². The van der Waals surface area contributed by atoms with E-state index in [1.54, 1.807) is 12.4 Å². The van der Waals surface area contributed by atoms with Gasteiger partial charge in [0.1, 0.15) is 5.82 Å². The lowest BCUT2D eigenvalue weighted by Crippen LogP contribution is -2.07. The largest absolute Gasteiger partial charge is 0.382 e. The summed E-state index contributed by atoms with van der Waals surface area (Å²) in [5.74, 6) is 0.506. The summed E-state index contributed by atoms with van der Waals surface area (Å²) in [6, 6.07) is 0. The van der Waals surface area contributed by atoms with Crippen molar-refractivity contribution >= 4 is 5.82 Å². The third-order valence-corrected chi connectivity index (χ3v) is 1.83. The number of aryl methyl sites for hydroxylation is 1. The van der Waals surface area contributed by atoms with E-state index >= 15 is 0 Å². The van der Waals surface area contributed by atoms with Crippen molar-refractivity contribution in [3.05, 3.63) is 18.1 Å². The summed E-state index contributed by atoms with van der Waals surface area (Å²) in [7, 11) is 0. The van der Waals surface area contributed by atoms with Crippen molar-refractivity contribution in [1.29, 1.82) is 0 Å². The van der Waals surface area contributed by atoms with Gasteiger partial charge in [0.05, 0.1) is 11.9 Å². The van der Waals surface area contributed by atoms with Crippen molar-refractivity contribution in [2.75, 3.05) is 5.73 Å². The second-order valence-corrected chi connectivity index (χ2v) is 4.50. The van der Waals surface area contributed by atoms with E-state index in [0.29, 0.717) is 11.2 Å². The summed E-state index contributed by atoms with van der Waals surface area (Å²) >= 11 is 0. The van der Waals surface area contributed by atoms with Crippen LogP contribution in [-0.2, 0) is 6.42 Å². The van der Waals surface area contributed by atoms with Crippen LogP contribution in [0.25, 0.3) is 0 Å². The van der Waals surface area contributed by atoms with Crippen LogP contribution in [0.1, 0.15) is 32.9 Å². The highest BCUT2D eigenvalue weighted by molar-refractivity contribution is 5.23. The molecule has 0 bridgehead atoms. The second-order valence-electron chi connectivity index (χ2n) is 4.50. The van der Waals surface area contributed by atoms with Gasteiger partial charge in [0.2, 0.25) is 0 Å². The molecule has 3 heteroatoms. The Bertz CT molecular complexity index is 276. The topological polar surface area (TPSA) is 51.8 Å². The average molecular weight is 179 g/mol. The maximum Gasteiger partial charge on any atom is 0.142 e. The maximum absolute atomic E-state index is 5.52. The summed E-state index contributed by atoms with van der Waals surface area (Å²) in [4.78, 5) is 8.19. The molecule has 1 aromatic rings. The van der Waals surface area contributed by atoms with Gasteiger partial charge in [-0.25, -0.2) is 4.98 Å². The quantitative estimate of drug-likeness (QED) is 0.755. The molecular weight excluding hydrogens is 162 g/mol. The van der Waals surface area contributed by atoms with Crippen LogP contribution in [0.3, 0.4) is 0 Å². The van der Waals surface area contributed by atoms with E-state index in [4.69, 9.17) is 5.73 Å². The first-order chi connectivity index (χ1) is 5.97. The Balaban J connectivity index is 2.55. The molecule has 13 heavy (non-hydrogen) atoms. The van der Waals surface area contributed by atoms with Gasteiger partial charge in [-0.2, -0.15) is 0 Å². The van der Waals surface area contributed by atoms with Gasteiger partial charge in [-0.3, -0.25) is 4.98 Å². The normalized spacial score (nSPS) is 11.6. The Morgan fingerprint density at radius 1 is 1.31 bits per heavy atom. The molecule has 0 saturated heterocycles. The standard InChI is InChI=1S/C10H17N3/c1-10(2,3)5-4-8-6-12-7-9(11)13-8/h6-7H,4-5H2,1-3H3,(H2,11,13). The smallest absolute Gasteiger partial charge is 0.142 e. The predicted octanol–water partition coefficient (Wildman–Crippen LogP) is 2.04. The van der Waals surface area contributed by atoms with Gasteiger partial charge in [0, 0.05) is 6.20 Å². The van der Waals surface area contributed by atoms with Crippen LogP contribution in [0.2, 0.25) is 0 Å². The van der Waals surface area contributed by atoms with Gasteiger partial charge in [-0.15, -0.1) is 0 Å². The van der Waals surface area contributed by atoms with E-state index in [1.807, 2.05) is 0 Å². The molecule has 0 aliphatic rings. The Morgan fingerprint density at radius 3 is 2.54 bits per heavy atom. The zero-order valence-electron chi connectivity index (χ0n) is 8.54. The molecule has 0 atom stereocenters. The molecule has 0 aliphatic heterocycles. The third kappa shape index (κ3) is 3.87. The zero-order chi connectivity index (χ0) is 9.90. The summed E-state index contributed by atoms with van der Waals surface area (Å²) in [5, 5.41) is 0. The minimum absolute atomic E-state index is 0.340. The molecule has 0 aromatic carbocycles. The number of nitrogens with two attached hydrogens (primary N) is 1. The van der Waals surface area contributed by atoms with Crippen LogP contribution < -0.4 is 5.73 Å². The second kappa shape index (κ2) is 3.73. The SMILES string of the molecule is CC(C)(C)CCc1cncc(N)n1. The summed E-state index contributed by atoms with van der Waals surface area (Å²) in [6.45, 7) is 6.65. The predicted molar refractivity (Wildman–Crippen MR) is 54.2 cm³/mol. The molecule has 0 spiro atoms. The van der Waals surface area contributed by atoms with Crippen LogP contribution in [0, 0.1) is 5.41 Å². The molecule has 1 aromatic heterocycles. The number of rotatable bonds is 2. The molecule has 2 N–H and O–H groups in total.